The van der Waals surface area contributed by atoms with Gasteiger partial charge in [-0.3, -0.25) is 5.32 Å². The topological polar surface area (TPSA) is 50.4 Å². The van der Waals surface area contributed by atoms with Crippen LogP contribution in [0, 0.1) is 0 Å². The van der Waals surface area contributed by atoms with Crippen LogP contribution in [0.15, 0.2) is 24.3 Å². The molecule has 1 saturated heterocycles. The van der Waals surface area contributed by atoms with Gasteiger partial charge in [0, 0.05) is 11.2 Å². The molecule has 0 radical (unpaired) electrons. The van der Waals surface area contributed by atoms with E-state index >= 15 is 0 Å². The first kappa shape index (κ1) is 14.9. The molecule has 2 N–H and O–H groups in total. The maximum absolute atomic E-state index is 11.7. The molecule has 0 saturated carbocycles. The van der Waals surface area contributed by atoms with Crippen molar-refractivity contribution in [2.75, 3.05) is 11.9 Å². The number of benzene rings is 1. The summed E-state index contributed by atoms with van der Waals surface area (Å²) < 4.78 is 5.23. The summed E-state index contributed by atoms with van der Waals surface area (Å²) in [5.74, 6) is 0. The third kappa shape index (κ3) is 3.73. The molecule has 0 aliphatic carbocycles. The van der Waals surface area contributed by atoms with E-state index in [1.54, 1.807) is 0 Å². The number of carbonyl (C=O) groups excluding carboxylic acids is 1. The van der Waals surface area contributed by atoms with Crippen molar-refractivity contribution in [2.45, 2.75) is 51.7 Å². The molecule has 4 nitrogen and oxygen atoms in total. The van der Waals surface area contributed by atoms with Gasteiger partial charge in [-0.1, -0.05) is 12.1 Å². The van der Waals surface area contributed by atoms with E-state index < -0.39 is 11.7 Å². The first-order chi connectivity index (χ1) is 9.28. The van der Waals surface area contributed by atoms with Gasteiger partial charge in [0.25, 0.3) is 0 Å². The van der Waals surface area contributed by atoms with E-state index in [0.29, 0.717) is 0 Å². The number of hydrogen-bond acceptors (Lipinski definition) is 3. The molecule has 0 aromatic heterocycles. The molecule has 1 fully saturated rings. The van der Waals surface area contributed by atoms with Gasteiger partial charge in [0.2, 0.25) is 0 Å². The molecule has 1 unspecified atom stereocenters. The third-order valence-electron chi connectivity index (χ3n) is 3.54. The summed E-state index contributed by atoms with van der Waals surface area (Å²) in [5.41, 5.74) is 1.59. The minimum atomic E-state index is -0.481. The first-order valence-corrected chi connectivity index (χ1v) is 7.14. The van der Waals surface area contributed by atoms with E-state index in [9.17, 15) is 4.79 Å². The minimum Gasteiger partial charge on any atom is -0.444 e. The Balaban J connectivity index is 2.00. The number of hydrogen-bond donors (Lipinski definition) is 2. The highest BCUT2D eigenvalue weighted by Gasteiger charge is 2.29. The summed E-state index contributed by atoms with van der Waals surface area (Å²) in [6.07, 6.45) is 1.93. The van der Waals surface area contributed by atoms with Crippen LogP contribution < -0.4 is 10.6 Å². The second-order valence-electron chi connectivity index (χ2n) is 6.57. The number of ether oxygens (including phenoxy) is 1. The predicted molar refractivity (Wildman–Crippen MR) is 80.9 cm³/mol. The van der Waals surface area contributed by atoms with Crippen molar-refractivity contribution >= 4 is 11.8 Å². The number of carbonyl (C=O) groups is 1. The van der Waals surface area contributed by atoms with Crippen molar-refractivity contribution in [1.29, 1.82) is 0 Å². The zero-order valence-electron chi connectivity index (χ0n) is 12.7. The largest absolute Gasteiger partial charge is 0.444 e. The average Bonchev–Trinajstić information content (AvgIpc) is 2.75. The fraction of sp³-hybridized carbons (Fsp3) is 0.562. The van der Waals surface area contributed by atoms with Crippen molar-refractivity contribution in [3.8, 4) is 0 Å². The van der Waals surface area contributed by atoms with Crippen LogP contribution in [0.4, 0.5) is 10.5 Å². The highest BCUT2D eigenvalue weighted by Crippen LogP contribution is 2.30. The molecule has 0 spiro atoms. The Morgan fingerprint density at radius 1 is 1.30 bits per heavy atom. The van der Waals surface area contributed by atoms with E-state index in [2.05, 4.69) is 29.7 Å². The van der Waals surface area contributed by atoms with Gasteiger partial charge in [0.1, 0.15) is 5.60 Å². The molecule has 1 atom stereocenters. The molecule has 1 aromatic rings. The quantitative estimate of drug-likeness (QED) is 0.867. The zero-order chi connectivity index (χ0) is 14.8. The molecule has 4 heteroatoms. The van der Waals surface area contributed by atoms with Gasteiger partial charge in [0.15, 0.2) is 0 Å². The first-order valence-electron chi connectivity index (χ1n) is 7.14. The van der Waals surface area contributed by atoms with Crippen LogP contribution in [0.1, 0.15) is 46.1 Å². The van der Waals surface area contributed by atoms with Gasteiger partial charge in [-0.15, -0.1) is 0 Å². The van der Waals surface area contributed by atoms with Crippen molar-refractivity contribution in [2.24, 2.45) is 0 Å². The summed E-state index contributed by atoms with van der Waals surface area (Å²) in [4.78, 5) is 11.7. The van der Waals surface area contributed by atoms with Crippen LogP contribution in [-0.2, 0) is 10.3 Å². The van der Waals surface area contributed by atoms with Crippen LogP contribution >= 0.6 is 0 Å². The summed E-state index contributed by atoms with van der Waals surface area (Å²) in [7, 11) is 0. The molecule has 0 bridgehead atoms. The van der Waals surface area contributed by atoms with Crippen LogP contribution in [-0.4, -0.2) is 18.2 Å². The zero-order valence-corrected chi connectivity index (χ0v) is 12.7. The summed E-state index contributed by atoms with van der Waals surface area (Å²) >= 11 is 0. The minimum absolute atomic E-state index is 0.0600. The molecular formula is C16H24N2O2. The molecule has 1 aliphatic heterocycles. The average molecular weight is 276 g/mol. The molecular weight excluding hydrogens is 252 g/mol. The third-order valence-corrected chi connectivity index (χ3v) is 3.54. The maximum Gasteiger partial charge on any atom is 0.412 e. The number of amides is 1. The second-order valence-corrected chi connectivity index (χ2v) is 6.57. The Morgan fingerprint density at radius 2 is 1.95 bits per heavy atom. The molecule has 1 amide bonds. The Bertz CT molecular complexity index is 468. The SMILES string of the molecule is CC(C)(C)OC(=O)Nc1ccc(C2(C)CCCN2)cc1. The van der Waals surface area contributed by atoms with Gasteiger partial charge >= 0.3 is 6.09 Å². The number of nitrogens with one attached hydrogen (secondary N) is 2. The van der Waals surface area contributed by atoms with Gasteiger partial charge in [-0.2, -0.15) is 0 Å². The Labute approximate surface area is 120 Å². The van der Waals surface area contributed by atoms with Gasteiger partial charge in [-0.05, 0) is 64.8 Å². The van der Waals surface area contributed by atoms with E-state index in [1.165, 1.54) is 12.0 Å². The van der Waals surface area contributed by atoms with Crippen molar-refractivity contribution in [1.82, 2.24) is 5.32 Å². The lowest BCUT2D eigenvalue weighted by molar-refractivity contribution is 0.0636. The van der Waals surface area contributed by atoms with Crippen LogP contribution in [0.2, 0.25) is 0 Å². The lowest BCUT2D eigenvalue weighted by atomic mass is 9.90. The fourth-order valence-electron chi connectivity index (χ4n) is 2.48. The molecule has 1 aliphatic rings. The molecule has 1 aromatic carbocycles. The summed E-state index contributed by atoms with van der Waals surface area (Å²) in [5, 5.41) is 6.28. The second kappa shape index (κ2) is 5.44. The van der Waals surface area contributed by atoms with Crippen molar-refractivity contribution < 1.29 is 9.53 Å². The highest BCUT2D eigenvalue weighted by atomic mass is 16.6. The Kier molecular flexibility index (Phi) is 4.04. The van der Waals surface area contributed by atoms with Crippen molar-refractivity contribution in [3.05, 3.63) is 29.8 Å². The van der Waals surface area contributed by atoms with Crippen LogP contribution in [0.3, 0.4) is 0 Å². The van der Waals surface area contributed by atoms with Gasteiger partial charge in [0.05, 0.1) is 0 Å². The predicted octanol–water partition coefficient (Wildman–Crippen LogP) is 3.63. The van der Waals surface area contributed by atoms with E-state index in [1.807, 2.05) is 32.9 Å². The van der Waals surface area contributed by atoms with Gasteiger partial charge in [-0.25, -0.2) is 4.79 Å². The molecule has 20 heavy (non-hydrogen) atoms. The van der Waals surface area contributed by atoms with E-state index in [-0.39, 0.29) is 5.54 Å². The monoisotopic (exact) mass is 276 g/mol. The highest BCUT2D eigenvalue weighted by molar-refractivity contribution is 5.84. The number of rotatable bonds is 2. The number of anilines is 1. The standard InChI is InChI=1S/C16H24N2O2/c1-15(2,3)20-14(19)18-13-8-6-12(7-9-13)16(4)10-5-11-17-16/h6-9,17H,5,10-11H2,1-4H3,(H,18,19). The molecule has 2 rings (SSSR count). The Morgan fingerprint density at radius 3 is 2.45 bits per heavy atom. The van der Waals surface area contributed by atoms with Crippen LogP contribution in [0.25, 0.3) is 0 Å². The lowest BCUT2D eigenvalue weighted by Crippen LogP contribution is -2.33. The molecule has 1 heterocycles. The lowest BCUT2D eigenvalue weighted by Gasteiger charge is -2.25. The normalized spacial score (nSPS) is 22.6. The van der Waals surface area contributed by atoms with Crippen LogP contribution in [0.5, 0.6) is 0 Å². The van der Waals surface area contributed by atoms with E-state index in [0.717, 1.165) is 18.7 Å². The fourth-order valence-corrected chi connectivity index (χ4v) is 2.48. The summed E-state index contributed by atoms with van der Waals surface area (Å²) in [6, 6.07) is 7.96. The Hall–Kier alpha value is -1.55. The maximum atomic E-state index is 11.7. The van der Waals surface area contributed by atoms with E-state index in [4.69, 9.17) is 4.74 Å². The summed E-state index contributed by atoms with van der Waals surface area (Å²) in [6.45, 7) is 8.83. The smallest absolute Gasteiger partial charge is 0.412 e. The van der Waals surface area contributed by atoms with Gasteiger partial charge < -0.3 is 10.1 Å². The molecule has 110 valence electrons. The van der Waals surface area contributed by atoms with Crippen molar-refractivity contribution in [3.63, 3.8) is 0 Å².